The van der Waals surface area contributed by atoms with Crippen LogP contribution >= 0.6 is 23.2 Å². The van der Waals surface area contributed by atoms with Crippen molar-refractivity contribution in [3.05, 3.63) is 81.9 Å². The van der Waals surface area contributed by atoms with Crippen LogP contribution in [0.15, 0.2) is 60.7 Å². The van der Waals surface area contributed by atoms with Crippen LogP contribution in [0.2, 0.25) is 10.0 Å². The van der Waals surface area contributed by atoms with Crippen molar-refractivity contribution in [2.24, 2.45) is 11.8 Å². The van der Waals surface area contributed by atoms with Crippen molar-refractivity contribution in [3.63, 3.8) is 0 Å². The van der Waals surface area contributed by atoms with Crippen LogP contribution in [0.4, 0.5) is 0 Å². The van der Waals surface area contributed by atoms with Crippen molar-refractivity contribution in [3.8, 4) is 0 Å². The maximum absolute atomic E-state index is 13.9. The van der Waals surface area contributed by atoms with Crippen molar-refractivity contribution in [2.75, 3.05) is 13.1 Å². The molecule has 1 aliphatic heterocycles. The first-order valence-electron chi connectivity index (χ1n) is 13.8. The summed E-state index contributed by atoms with van der Waals surface area (Å²) in [5.74, 6) is -1.73. The monoisotopic (exact) mass is 583 g/mol. The number of unbranched alkanes of at least 4 members (excludes halogenated alkanes) is 1. The van der Waals surface area contributed by atoms with Gasteiger partial charge in [0.25, 0.3) is 0 Å². The molecule has 1 fully saturated rings. The van der Waals surface area contributed by atoms with Crippen molar-refractivity contribution >= 4 is 46.8 Å². The second-order valence-corrected chi connectivity index (χ2v) is 11.2. The van der Waals surface area contributed by atoms with E-state index in [0.717, 1.165) is 18.4 Å². The number of allylic oxidation sites excluding steroid dienone is 2. The predicted molar refractivity (Wildman–Crippen MR) is 156 cm³/mol. The van der Waals surface area contributed by atoms with E-state index < -0.39 is 6.04 Å². The summed E-state index contributed by atoms with van der Waals surface area (Å²) < 4.78 is 0. The van der Waals surface area contributed by atoms with Gasteiger partial charge in [-0.3, -0.25) is 24.1 Å². The smallest absolute Gasteiger partial charge is 0.243 e. The van der Waals surface area contributed by atoms with Crippen LogP contribution in [0.25, 0.3) is 0 Å². The van der Waals surface area contributed by atoms with E-state index in [2.05, 4.69) is 5.32 Å². The molecule has 212 valence electrons. The maximum Gasteiger partial charge on any atom is 0.243 e. The molecule has 2 aliphatic rings. The molecule has 1 saturated heterocycles. The first-order valence-corrected chi connectivity index (χ1v) is 14.6. The van der Waals surface area contributed by atoms with E-state index in [1.807, 2.05) is 49.4 Å². The second-order valence-electron chi connectivity index (χ2n) is 10.4. The Balaban J connectivity index is 1.59. The Hall–Kier alpha value is -3.16. The molecule has 1 heterocycles. The fourth-order valence-electron chi connectivity index (χ4n) is 5.34. The topological polar surface area (TPSA) is 86.8 Å². The molecule has 2 aromatic carbocycles. The molecular weight excluding hydrogens is 549 g/mol. The summed E-state index contributed by atoms with van der Waals surface area (Å²) in [4.78, 5) is 56.1. The highest BCUT2D eigenvalue weighted by molar-refractivity contribution is 6.42. The zero-order valence-electron chi connectivity index (χ0n) is 22.7. The fourth-order valence-corrected chi connectivity index (χ4v) is 5.66. The van der Waals surface area contributed by atoms with Gasteiger partial charge in [0.15, 0.2) is 0 Å². The van der Waals surface area contributed by atoms with Crippen molar-refractivity contribution in [1.82, 2.24) is 15.1 Å². The van der Waals surface area contributed by atoms with Gasteiger partial charge in [-0.25, -0.2) is 0 Å². The number of imide groups is 1. The fraction of sp³-hybridized carbons (Fsp3) is 0.419. The summed E-state index contributed by atoms with van der Waals surface area (Å²) >= 11 is 12.4. The molecule has 1 aliphatic carbocycles. The molecule has 0 bridgehead atoms. The number of carbonyl (C=O) groups is 4. The van der Waals surface area contributed by atoms with E-state index in [4.69, 9.17) is 23.2 Å². The molecule has 2 aromatic rings. The normalized spacial score (nSPS) is 18.9. The van der Waals surface area contributed by atoms with Gasteiger partial charge in [0.2, 0.25) is 23.6 Å². The number of hydrogen-bond acceptors (Lipinski definition) is 4. The third kappa shape index (κ3) is 7.12. The summed E-state index contributed by atoms with van der Waals surface area (Å²) in [5, 5.41) is 3.73. The van der Waals surface area contributed by atoms with Crippen LogP contribution in [0.5, 0.6) is 0 Å². The number of likely N-dealkylation sites (tertiary alicyclic amines) is 1. The minimum absolute atomic E-state index is 0.0170. The molecule has 0 aromatic heterocycles. The number of carbonyl (C=O) groups excluding carboxylic acids is 4. The number of rotatable bonds is 12. The van der Waals surface area contributed by atoms with E-state index in [9.17, 15) is 19.2 Å². The Morgan fingerprint density at radius 2 is 1.65 bits per heavy atom. The number of benzene rings is 2. The number of halogens is 2. The van der Waals surface area contributed by atoms with Gasteiger partial charge in [-0.05, 0) is 42.5 Å². The first kappa shape index (κ1) is 29.8. The van der Waals surface area contributed by atoms with Crippen molar-refractivity contribution in [2.45, 2.75) is 58.0 Å². The molecule has 0 radical (unpaired) electrons. The van der Waals surface area contributed by atoms with Gasteiger partial charge in [-0.15, -0.1) is 0 Å². The van der Waals surface area contributed by atoms with E-state index in [-0.39, 0.29) is 55.0 Å². The molecule has 7 nitrogen and oxygen atoms in total. The molecule has 3 atom stereocenters. The lowest BCUT2D eigenvalue weighted by Crippen LogP contribution is -2.51. The van der Waals surface area contributed by atoms with Crippen LogP contribution in [0.3, 0.4) is 0 Å². The average Bonchev–Trinajstić information content (AvgIpc) is 3.20. The molecule has 0 spiro atoms. The molecule has 4 rings (SSSR count). The van der Waals surface area contributed by atoms with E-state index in [0.29, 0.717) is 41.4 Å². The number of hydrogen-bond donors (Lipinski definition) is 1. The zero-order valence-corrected chi connectivity index (χ0v) is 24.2. The lowest BCUT2D eigenvalue weighted by molar-refractivity contribution is -0.144. The van der Waals surface area contributed by atoms with Crippen LogP contribution in [0.1, 0.15) is 50.2 Å². The van der Waals surface area contributed by atoms with E-state index in [1.54, 1.807) is 18.2 Å². The van der Waals surface area contributed by atoms with Gasteiger partial charge < -0.3 is 10.2 Å². The summed E-state index contributed by atoms with van der Waals surface area (Å²) in [6, 6.07) is 13.8. The highest BCUT2D eigenvalue weighted by atomic mass is 35.5. The van der Waals surface area contributed by atoms with Crippen LogP contribution in [0, 0.1) is 11.8 Å². The average molecular weight is 585 g/mol. The Labute approximate surface area is 245 Å². The lowest BCUT2D eigenvalue weighted by Gasteiger charge is -2.32. The molecular formula is C31H35Cl2N3O4. The number of nitrogens with one attached hydrogen (secondary N) is 1. The summed E-state index contributed by atoms with van der Waals surface area (Å²) in [6.07, 6.45) is 6.92. The number of amides is 4. The van der Waals surface area contributed by atoms with Gasteiger partial charge in [0, 0.05) is 32.5 Å². The van der Waals surface area contributed by atoms with E-state index in [1.165, 1.54) is 9.80 Å². The Morgan fingerprint density at radius 3 is 2.27 bits per heavy atom. The van der Waals surface area contributed by atoms with Crippen LogP contribution in [-0.4, -0.2) is 52.6 Å². The highest BCUT2D eigenvalue weighted by Gasteiger charge is 2.47. The second kappa shape index (κ2) is 14.0. The predicted octanol–water partition coefficient (Wildman–Crippen LogP) is 5.19. The minimum atomic E-state index is -0.807. The standard InChI is InChI=1S/C31H35Cl2N3O4/c1-2-3-16-34-29(38)27(19-21-9-5-4-6-10-21)36(20-22-13-14-25(32)26(33)18-22)28(37)15-17-35-30(39)23-11-7-8-12-24(23)31(35)40/h4-10,13-14,18,23-24,27H,2-3,11-12,15-17,19-20H2,1H3,(H,34,38)/t23-,24+,27-/m1/s1. The SMILES string of the molecule is CCCCNC(=O)[C@@H](Cc1ccccc1)N(Cc1ccc(Cl)c(Cl)c1)C(=O)CCN1C(=O)[C@H]2CC=CC[C@H]2C1=O. The largest absolute Gasteiger partial charge is 0.354 e. The van der Waals surface area contributed by atoms with Crippen molar-refractivity contribution in [1.29, 1.82) is 0 Å². The van der Waals surface area contributed by atoms with Crippen molar-refractivity contribution < 1.29 is 19.2 Å². The summed E-state index contributed by atoms with van der Waals surface area (Å²) in [6.45, 7) is 2.65. The highest BCUT2D eigenvalue weighted by Crippen LogP contribution is 2.35. The molecule has 40 heavy (non-hydrogen) atoms. The van der Waals surface area contributed by atoms with Crippen LogP contribution < -0.4 is 5.32 Å². The Kier molecular flexibility index (Phi) is 10.4. The zero-order chi connectivity index (χ0) is 28.6. The molecule has 0 saturated carbocycles. The van der Waals surface area contributed by atoms with Gasteiger partial charge in [0.05, 0.1) is 21.9 Å². The third-order valence-corrected chi connectivity index (χ3v) is 8.32. The van der Waals surface area contributed by atoms with Gasteiger partial charge in [-0.2, -0.15) is 0 Å². The van der Waals surface area contributed by atoms with Gasteiger partial charge in [0.1, 0.15) is 6.04 Å². The minimum Gasteiger partial charge on any atom is -0.354 e. The number of fused-ring (bicyclic) bond motifs is 1. The van der Waals surface area contributed by atoms with Gasteiger partial charge >= 0.3 is 0 Å². The van der Waals surface area contributed by atoms with Crippen LogP contribution in [-0.2, 0) is 32.1 Å². The summed E-state index contributed by atoms with van der Waals surface area (Å²) in [5.41, 5.74) is 1.62. The number of nitrogens with zero attached hydrogens (tertiary/aromatic N) is 2. The molecule has 0 unspecified atom stereocenters. The Morgan fingerprint density at radius 1 is 0.975 bits per heavy atom. The third-order valence-electron chi connectivity index (χ3n) is 7.59. The molecule has 1 N–H and O–H groups in total. The van der Waals surface area contributed by atoms with Gasteiger partial charge in [-0.1, -0.05) is 85.1 Å². The quantitative estimate of drug-likeness (QED) is 0.211. The molecule has 4 amide bonds. The first-order chi connectivity index (χ1) is 19.3. The Bertz CT molecular complexity index is 1240. The molecule has 9 heteroatoms. The lowest BCUT2D eigenvalue weighted by atomic mass is 9.85. The summed E-state index contributed by atoms with van der Waals surface area (Å²) in [7, 11) is 0. The maximum atomic E-state index is 13.9. The van der Waals surface area contributed by atoms with E-state index >= 15 is 0 Å².